The molecule has 1 heterocycles. The van der Waals surface area contributed by atoms with Gasteiger partial charge in [0, 0.05) is 5.69 Å². The van der Waals surface area contributed by atoms with Gasteiger partial charge in [0.15, 0.2) is 10.9 Å². The maximum atomic E-state index is 12.1. The monoisotopic (exact) mass is 374 g/mol. The first kappa shape index (κ1) is 17.6. The van der Waals surface area contributed by atoms with Gasteiger partial charge >= 0.3 is 0 Å². The summed E-state index contributed by atoms with van der Waals surface area (Å²) in [4.78, 5) is 16.6. The number of anilines is 1. The Morgan fingerprint density at radius 1 is 1.16 bits per heavy atom. The normalized spacial score (nSPS) is 10.6. The summed E-state index contributed by atoms with van der Waals surface area (Å²) in [5.74, 6) is 1.20. The fraction of sp³-hybridized carbons (Fsp3) is 0.222. The van der Waals surface area contributed by atoms with Crippen LogP contribution in [0.15, 0.2) is 46.8 Å². The Balaban J connectivity index is 1.56. The lowest BCUT2D eigenvalue weighted by Gasteiger charge is -2.08. The van der Waals surface area contributed by atoms with Gasteiger partial charge in [0.25, 0.3) is 5.91 Å². The highest BCUT2D eigenvalue weighted by molar-refractivity contribution is 8.00. The van der Waals surface area contributed by atoms with E-state index in [9.17, 15) is 4.79 Å². The predicted octanol–water partition coefficient (Wildman–Crippen LogP) is 4.43. The van der Waals surface area contributed by atoms with Crippen molar-refractivity contribution in [2.45, 2.75) is 11.3 Å². The number of hydrogen-bond acceptors (Lipinski definition) is 6. The Kier molecular flexibility index (Phi) is 5.78. The number of benzene rings is 2. The number of carbonyl (C=O) groups excluding carboxylic acids is 1. The standard InChI is InChI=1S/C18H18N2O3S2/c1-3-22-13-5-7-14(8-6-13)23-11-17(21)19-12-4-9-15-16(10-12)25-18(20-15)24-2/h4-10H,3,11H2,1-2H3,(H,19,21). The van der Waals surface area contributed by atoms with Crippen LogP contribution in [0.1, 0.15) is 6.92 Å². The summed E-state index contributed by atoms with van der Waals surface area (Å²) in [7, 11) is 0. The Morgan fingerprint density at radius 2 is 1.88 bits per heavy atom. The Bertz CT molecular complexity index is 862. The SMILES string of the molecule is CCOc1ccc(OCC(=O)Nc2ccc3nc(SC)sc3c2)cc1. The minimum atomic E-state index is -0.206. The van der Waals surface area contributed by atoms with Gasteiger partial charge in [-0.05, 0) is 55.6 Å². The number of carbonyl (C=O) groups is 1. The molecule has 0 saturated carbocycles. The van der Waals surface area contributed by atoms with E-state index >= 15 is 0 Å². The van der Waals surface area contributed by atoms with E-state index in [0.29, 0.717) is 12.4 Å². The van der Waals surface area contributed by atoms with E-state index in [1.165, 1.54) is 0 Å². The number of rotatable bonds is 7. The second-order valence-electron chi connectivity index (χ2n) is 5.11. The molecule has 0 aliphatic heterocycles. The maximum absolute atomic E-state index is 12.1. The number of thiazole rings is 1. The highest BCUT2D eigenvalue weighted by atomic mass is 32.2. The minimum Gasteiger partial charge on any atom is -0.494 e. The Morgan fingerprint density at radius 3 is 2.56 bits per heavy atom. The average molecular weight is 374 g/mol. The highest BCUT2D eigenvalue weighted by Gasteiger charge is 2.07. The molecule has 0 fully saturated rings. The van der Waals surface area contributed by atoms with Crippen molar-refractivity contribution in [1.82, 2.24) is 4.98 Å². The van der Waals surface area contributed by atoms with Gasteiger partial charge in [0.1, 0.15) is 11.5 Å². The van der Waals surface area contributed by atoms with E-state index in [1.807, 2.05) is 43.5 Å². The smallest absolute Gasteiger partial charge is 0.262 e. The highest BCUT2D eigenvalue weighted by Crippen LogP contribution is 2.30. The first-order chi connectivity index (χ1) is 12.2. The number of nitrogens with one attached hydrogen (secondary N) is 1. The molecule has 1 N–H and O–H groups in total. The van der Waals surface area contributed by atoms with Crippen molar-refractivity contribution in [2.75, 3.05) is 24.8 Å². The van der Waals surface area contributed by atoms with Crippen LogP contribution >= 0.6 is 23.1 Å². The van der Waals surface area contributed by atoms with Crippen molar-refractivity contribution in [3.8, 4) is 11.5 Å². The zero-order chi connectivity index (χ0) is 17.6. The van der Waals surface area contributed by atoms with E-state index in [1.54, 1.807) is 35.2 Å². The molecule has 1 amide bonds. The summed E-state index contributed by atoms with van der Waals surface area (Å²) in [6.07, 6.45) is 2.00. The number of nitrogens with zero attached hydrogens (tertiary/aromatic N) is 1. The quantitative estimate of drug-likeness (QED) is 0.620. The summed E-state index contributed by atoms with van der Waals surface area (Å²) in [5, 5.41) is 2.85. The zero-order valence-corrected chi connectivity index (χ0v) is 15.6. The van der Waals surface area contributed by atoms with Gasteiger partial charge in [-0.15, -0.1) is 11.3 Å². The largest absolute Gasteiger partial charge is 0.494 e. The third-order valence-electron chi connectivity index (χ3n) is 3.33. The van der Waals surface area contributed by atoms with E-state index in [4.69, 9.17) is 9.47 Å². The second kappa shape index (κ2) is 8.22. The van der Waals surface area contributed by atoms with E-state index in [0.717, 1.165) is 26.0 Å². The van der Waals surface area contributed by atoms with Crippen LogP contribution < -0.4 is 14.8 Å². The van der Waals surface area contributed by atoms with Crippen molar-refractivity contribution in [1.29, 1.82) is 0 Å². The first-order valence-corrected chi connectivity index (χ1v) is 9.82. The van der Waals surface area contributed by atoms with Crippen LogP contribution in [0.25, 0.3) is 10.2 Å². The molecule has 5 nitrogen and oxygen atoms in total. The molecule has 0 bridgehead atoms. The lowest BCUT2D eigenvalue weighted by atomic mass is 10.3. The Hall–Kier alpha value is -2.25. The van der Waals surface area contributed by atoms with Crippen LogP contribution in [0.3, 0.4) is 0 Å². The lowest BCUT2D eigenvalue weighted by molar-refractivity contribution is -0.118. The molecular formula is C18H18N2O3S2. The predicted molar refractivity (Wildman–Crippen MR) is 103 cm³/mol. The molecule has 2 aromatic carbocycles. The van der Waals surface area contributed by atoms with Crippen LogP contribution in [0.2, 0.25) is 0 Å². The van der Waals surface area contributed by atoms with Crippen molar-refractivity contribution in [3.63, 3.8) is 0 Å². The number of aromatic nitrogens is 1. The summed E-state index contributed by atoms with van der Waals surface area (Å²) in [5.41, 5.74) is 1.68. The van der Waals surface area contributed by atoms with Gasteiger partial charge in [-0.25, -0.2) is 4.98 Å². The van der Waals surface area contributed by atoms with Crippen LogP contribution in [0.4, 0.5) is 5.69 Å². The molecule has 0 spiro atoms. The lowest BCUT2D eigenvalue weighted by Crippen LogP contribution is -2.20. The van der Waals surface area contributed by atoms with E-state index < -0.39 is 0 Å². The number of amides is 1. The number of ether oxygens (including phenoxy) is 2. The molecule has 0 saturated heterocycles. The zero-order valence-electron chi connectivity index (χ0n) is 13.9. The van der Waals surface area contributed by atoms with Gasteiger partial charge in [-0.2, -0.15) is 0 Å². The molecule has 0 atom stereocenters. The summed E-state index contributed by atoms with van der Waals surface area (Å²) >= 11 is 3.23. The van der Waals surface area contributed by atoms with Gasteiger partial charge in [-0.3, -0.25) is 4.79 Å². The Labute approximate surface area is 154 Å². The minimum absolute atomic E-state index is 0.0508. The number of hydrogen-bond donors (Lipinski definition) is 1. The fourth-order valence-corrected chi connectivity index (χ4v) is 3.74. The van der Waals surface area contributed by atoms with E-state index in [-0.39, 0.29) is 12.5 Å². The molecule has 3 aromatic rings. The molecule has 1 aromatic heterocycles. The molecule has 25 heavy (non-hydrogen) atoms. The van der Waals surface area contributed by atoms with Crippen LogP contribution in [0.5, 0.6) is 11.5 Å². The molecule has 3 rings (SSSR count). The molecule has 7 heteroatoms. The number of fused-ring (bicyclic) bond motifs is 1. The van der Waals surface area contributed by atoms with Gasteiger partial charge in [0.05, 0.1) is 16.8 Å². The summed E-state index contributed by atoms with van der Waals surface area (Å²) in [6.45, 7) is 2.50. The third kappa shape index (κ3) is 4.64. The molecular weight excluding hydrogens is 356 g/mol. The summed E-state index contributed by atoms with van der Waals surface area (Å²) < 4.78 is 12.9. The topological polar surface area (TPSA) is 60.5 Å². The van der Waals surface area contributed by atoms with Crippen LogP contribution in [0, 0.1) is 0 Å². The molecule has 0 aliphatic rings. The van der Waals surface area contributed by atoms with Crippen molar-refractivity contribution >= 4 is 44.9 Å². The van der Waals surface area contributed by atoms with Crippen molar-refractivity contribution in [2.24, 2.45) is 0 Å². The molecule has 0 radical (unpaired) electrons. The van der Waals surface area contributed by atoms with Gasteiger partial charge < -0.3 is 14.8 Å². The van der Waals surface area contributed by atoms with Gasteiger partial charge in [0.2, 0.25) is 0 Å². The summed E-state index contributed by atoms with van der Waals surface area (Å²) in [6, 6.07) is 12.9. The van der Waals surface area contributed by atoms with Crippen molar-refractivity contribution in [3.05, 3.63) is 42.5 Å². The molecule has 0 unspecified atom stereocenters. The third-order valence-corrected chi connectivity index (χ3v) is 5.34. The second-order valence-corrected chi connectivity index (χ2v) is 7.19. The van der Waals surface area contributed by atoms with Crippen LogP contribution in [-0.2, 0) is 4.79 Å². The average Bonchev–Trinajstić information content (AvgIpc) is 3.04. The molecule has 0 aliphatic carbocycles. The van der Waals surface area contributed by atoms with Crippen LogP contribution in [-0.4, -0.2) is 30.4 Å². The maximum Gasteiger partial charge on any atom is 0.262 e. The first-order valence-electron chi connectivity index (χ1n) is 7.78. The van der Waals surface area contributed by atoms with Gasteiger partial charge in [-0.1, -0.05) is 11.8 Å². The van der Waals surface area contributed by atoms with Crippen molar-refractivity contribution < 1.29 is 14.3 Å². The fourth-order valence-electron chi connectivity index (χ4n) is 2.21. The molecule has 130 valence electrons. The van der Waals surface area contributed by atoms with E-state index in [2.05, 4.69) is 10.3 Å². The number of thioether (sulfide) groups is 1.